The van der Waals surface area contributed by atoms with Crippen LogP contribution < -0.4 is 5.32 Å². The molecule has 0 aliphatic rings. The third kappa shape index (κ3) is 4.12. The van der Waals surface area contributed by atoms with Gasteiger partial charge in [-0.1, -0.05) is 29.8 Å². The van der Waals surface area contributed by atoms with Crippen LogP contribution in [0.25, 0.3) is 0 Å². The first-order valence-corrected chi connectivity index (χ1v) is 8.62. The molecule has 10 heteroatoms. The van der Waals surface area contributed by atoms with Crippen LogP contribution in [0.3, 0.4) is 0 Å². The highest BCUT2D eigenvalue weighted by atomic mass is 79.9. The number of carbonyl (C=O) groups excluding carboxylic acids is 1. The molecular formula is C16H13BrClN5O3. The molecule has 1 aromatic carbocycles. The van der Waals surface area contributed by atoms with E-state index in [1.807, 2.05) is 18.2 Å². The summed E-state index contributed by atoms with van der Waals surface area (Å²) in [5.74, 6) is -1.27. The van der Waals surface area contributed by atoms with Gasteiger partial charge in [-0.15, -0.1) is 0 Å². The first-order chi connectivity index (χ1) is 12.4. The van der Waals surface area contributed by atoms with Gasteiger partial charge in [0.05, 0.1) is 11.0 Å². The Hall–Kier alpha value is -2.65. The molecule has 2 heterocycles. The summed E-state index contributed by atoms with van der Waals surface area (Å²) in [6.45, 7) is 0.203. The number of hydrogen-bond donors (Lipinski definition) is 2. The molecule has 1 amide bonds. The largest absolute Gasteiger partial charge is 0.477 e. The highest BCUT2D eigenvalue weighted by Crippen LogP contribution is 2.22. The van der Waals surface area contributed by atoms with Gasteiger partial charge in [-0.3, -0.25) is 9.48 Å². The monoisotopic (exact) mass is 437 g/mol. The summed E-state index contributed by atoms with van der Waals surface area (Å²) in [5.41, 5.74) is 0.827. The third-order valence-corrected chi connectivity index (χ3v) is 4.44. The number of aromatic nitrogens is 4. The number of amides is 1. The quantitative estimate of drug-likeness (QED) is 0.616. The van der Waals surface area contributed by atoms with Crippen LogP contribution >= 0.6 is 27.5 Å². The van der Waals surface area contributed by atoms with Gasteiger partial charge in [-0.25, -0.2) is 9.48 Å². The average molecular weight is 439 g/mol. The molecule has 0 bridgehead atoms. The summed E-state index contributed by atoms with van der Waals surface area (Å²) in [4.78, 5) is 23.2. The third-order valence-electron chi connectivity index (χ3n) is 3.49. The molecule has 0 fully saturated rings. The Balaban J connectivity index is 1.69. The van der Waals surface area contributed by atoms with E-state index in [0.29, 0.717) is 21.9 Å². The van der Waals surface area contributed by atoms with E-state index in [4.69, 9.17) is 16.7 Å². The van der Waals surface area contributed by atoms with Crippen LogP contribution in [0, 0.1) is 0 Å². The van der Waals surface area contributed by atoms with Crippen molar-refractivity contribution in [1.82, 2.24) is 19.6 Å². The maximum Gasteiger partial charge on any atom is 0.354 e. The number of nitrogens with zero attached hydrogens (tertiary/aromatic N) is 4. The summed E-state index contributed by atoms with van der Waals surface area (Å²) in [5, 5.41) is 20.4. The Morgan fingerprint density at radius 2 is 2.04 bits per heavy atom. The Bertz CT molecular complexity index is 968. The van der Waals surface area contributed by atoms with Crippen LogP contribution in [-0.2, 0) is 17.9 Å². The fourth-order valence-electron chi connectivity index (χ4n) is 2.31. The summed E-state index contributed by atoms with van der Waals surface area (Å²) in [6.07, 6.45) is 3.04. The number of carboxylic acid groups (broad SMARTS) is 1. The van der Waals surface area contributed by atoms with Crippen molar-refractivity contribution < 1.29 is 14.7 Å². The van der Waals surface area contributed by atoms with Gasteiger partial charge in [0.15, 0.2) is 5.82 Å². The minimum atomic E-state index is -1.15. The van der Waals surface area contributed by atoms with E-state index in [1.165, 1.54) is 12.3 Å². The van der Waals surface area contributed by atoms with Gasteiger partial charge in [0.1, 0.15) is 12.2 Å². The van der Waals surface area contributed by atoms with Crippen LogP contribution in [0.15, 0.2) is 47.2 Å². The normalized spacial score (nSPS) is 10.7. The number of nitrogens with one attached hydrogen (secondary N) is 1. The fraction of sp³-hybridized carbons (Fsp3) is 0.125. The lowest BCUT2D eigenvalue weighted by atomic mass is 10.2. The van der Waals surface area contributed by atoms with E-state index in [-0.39, 0.29) is 12.2 Å². The zero-order valence-corrected chi connectivity index (χ0v) is 15.6. The molecule has 0 saturated carbocycles. The number of benzene rings is 1. The molecule has 2 N–H and O–H groups in total. The molecule has 2 aromatic heterocycles. The van der Waals surface area contributed by atoms with Gasteiger partial charge >= 0.3 is 5.97 Å². The summed E-state index contributed by atoms with van der Waals surface area (Å²) >= 11 is 9.49. The van der Waals surface area contributed by atoms with E-state index in [2.05, 4.69) is 31.4 Å². The Morgan fingerprint density at radius 1 is 1.27 bits per heavy atom. The molecule has 0 aliphatic carbocycles. The topological polar surface area (TPSA) is 102 Å². The lowest BCUT2D eigenvalue weighted by Crippen LogP contribution is -2.22. The SMILES string of the molecule is O=C(Cn1nccc1C(=O)O)Nc1nn(Cc2ccccc2Cl)cc1Br. The summed E-state index contributed by atoms with van der Waals surface area (Å²) in [7, 11) is 0. The molecule has 0 saturated heterocycles. The van der Waals surface area contributed by atoms with Crippen molar-refractivity contribution in [3.63, 3.8) is 0 Å². The van der Waals surface area contributed by atoms with Crippen molar-refractivity contribution in [2.45, 2.75) is 13.1 Å². The van der Waals surface area contributed by atoms with Crippen molar-refractivity contribution in [2.75, 3.05) is 5.32 Å². The molecule has 0 radical (unpaired) electrons. The molecular weight excluding hydrogens is 426 g/mol. The predicted octanol–water partition coefficient (Wildman–Crippen LogP) is 2.88. The maximum absolute atomic E-state index is 12.2. The van der Waals surface area contributed by atoms with E-state index >= 15 is 0 Å². The molecule has 3 rings (SSSR count). The summed E-state index contributed by atoms with van der Waals surface area (Å²) in [6, 6.07) is 8.73. The smallest absolute Gasteiger partial charge is 0.354 e. The van der Waals surface area contributed by atoms with Gasteiger partial charge in [0.25, 0.3) is 0 Å². The zero-order valence-electron chi connectivity index (χ0n) is 13.3. The highest BCUT2D eigenvalue weighted by molar-refractivity contribution is 9.10. The Labute approximate surface area is 161 Å². The second-order valence-electron chi connectivity index (χ2n) is 5.34. The average Bonchev–Trinajstić information content (AvgIpc) is 3.17. The van der Waals surface area contributed by atoms with Crippen molar-refractivity contribution in [3.8, 4) is 0 Å². The van der Waals surface area contributed by atoms with Crippen molar-refractivity contribution in [2.24, 2.45) is 0 Å². The molecule has 0 spiro atoms. The van der Waals surface area contributed by atoms with Gasteiger partial charge in [0.2, 0.25) is 5.91 Å². The van der Waals surface area contributed by atoms with E-state index in [1.54, 1.807) is 16.9 Å². The van der Waals surface area contributed by atoms with Crippen LogP contribution in [-0.4, -0.2) is 36.5 Å². The van der Waals surface area contributed by atoms with E-state index < -0.39 is 11.9 Å². The van der Waals surface area contributed by atoms with Gasteiger partial charge in [-0.05, 0) is 33.6 Å². The number of carbonyl (C=O) groups is 2. The second kappa shape index (κ2) is 7.71. The number of halogens is 2. The minimum Gasteiger partial charge on any atom is -0.477 e. The molecule has 0 aliphatic heterocycles. The number of aromatic carboxylic acids is 1. The van der Waals surface area contributed by atoms with Crippen molar-refractivity contribution >= 4 is 45.2 Å². The van der Waals surface area contributed by atoms with Crippen molar-refractivity contribution in [1.29, 1.82) is 0 Å². The minimum absolute atomic E-state index is 0.0662. The predicted molar refractivity (Wildman–Crippen MR) is 98.3 cm³/mol. The van der Waals surface area contributed by atoms with Crippen LogP contribution in [0.1, 0.15) is 16.1 Å². The van der Waals surface area contributed by atoms with E-state index in [9.17, 15) is 9.59 Å². The first kappa shape index (κ1) is 18.2. The Morgan fingerprint density at radius 3 is 2.77 bits per heavy atom. The fourth-order valence-corrected chi connectivity index (χ4v) is 2.92. The van der Waals surface area contributed by atoms with Gasteiger partial charge < -0.3 is 10.4 Å². The van der Waals surface area contributed by atoms with Crippen molar-refractivity contribution in [3.05, 3.63) is 63.5 Å². The van der Waals surface area contributed by atoms with Crippen LogP contribution in [0.5, 0.6) is 0 Å². The van der Waals surface area contributed by atoms with E-state index in [0.717, 1.165) is 10.2 Å². The highest BCUT2D eigenvalue weighted by Gasteiger charge is 2.15. The summed E-state index contributed by atoms with van der Waals surface area (Å²) < 4.78 is 3.33. The number of anilines is 1. The lowest BCUT2D eigenvalue weighted by Gasteiger charge is -2.06. The number of carboxylic acids is 1. The standard InChI is InChI=1S/C16H13BrClN5O3/c17-11-8-22(7-10-3-1-2-4-12(10)18)21-15(11)20-14(24)9-23-13(16(25)26)5-6-19-23/h1-6,8H,7,9H2,(H,25,26)(H,20,21,24). The second-order valence-corrected chi connectivity index (χ2v) is 6.60. The first-order valence-electron chi connectivity index (χ1n) is 7.45. The molecule has 26 heavy (non-hydrogen) atoms. The molecule has 134 valence electrons. The van der Waals surface area contributed by atoms with Gasteiger partial charge in [-0.2, -0.15) is 10.2 Å². The Kier molecular flexibility index (Phi) is 5.38. The molecule has 0 unspecified atom stereocenters. The lowest BCUT2D eigenvalue weighted by molar-refractivity contribution is -0.116. The number of rotatable bonds is 6. The maximum atomic E-state index is 12.2. The number of hydrogen-bond acceptors (Lipinski definition) is 4. The molecule has 0 atom stereocenters. The van der Waals surface area contributed by atoms with Crippen LogP contribution in [0.4, 0.5) is 5.82 Å². The van der Waals surface area contributed by atoms with Gasteiger partial charge in [0, 0.05) is 17.4 Å². The molecule has 8 nitrogen and oxygen atoms in total. The van der Waals surface area contributed by atoms with Crippen LogP contribution in [0.2, 0.25) is 5.02 Å². The molecule has 3 aromatic rings. The zero-order chi connectivity index (χ0) is 18.7.